The summed E-state index contributed by atoms with van der Waals surface area (Å²) in [6, 6.07) is 9.39. The molecule has 0 saturated heterocycles. The van der Waals surface area contributed by atoms with Gasteiger partial charge in [0.2, 0.25) is 5.95 Å². The molecule has 5 heteroatoms. The summed E-state index contributed by atoms with van der Waals surface area (Å²) in [5, 5.41) is 6.31. The SMILES string of the molecule is CC(=O)c1cccc(Nc2nccc(NC(C)C)n2)c1. The summed E-state index contributed by atoms with van der Waals surface area (Å²) < 4.78 is 0. The number of carbonyl (C=O) groups excluding carboxylic acids is 1. The first-order valence-electron chi connectivity index (χ1n) is 6.52. The zero-order valence-electron chi connectivity index (χ0n) is 11.8. The van der Waals surface area contributed by atoms with E-state index in [2.05, 4.69) is 20.6 Å². The van der Waals surface area contributed by atoms with Gasteiger partial charge in [0.25, 0.3) is 0 Å². The molecule has 0 fully saturated rings. The number of ketones is 1. The van der Waals surface area contributed by atoms with Crippen molar-refractivity contribution >= 4 is 23.2 Å². The summed E-state index contributed by atoms with van der Waals surface area (Å²) in [5.41, 5.74) is 1.45. The van der Waals surface area contributed by atoms with Crippen LogP contribution in [0, 0.1) is 0 Å². The van der Waals surface area contributed by atoms with Crippen molar-refractivity contribution in [3.8, 4) is 0 Å². The van der Waals surface area contributed by atoms with Crippen molar-refractivity contribution in [3.63, 3.8) is 0 Å². The van der Waals surface area contributed by atoms with Crippen molar-refractivity contribution in [2.24, 2.45) is 0 Å². The monoisotopic (exact) mass is 270 g/mol. The Morgan fingerprint density at radius 2 is 2.05 bits per heavy atom. The quantitative estimate of drug-likeness (QED) is 0.816. The third-order valence-electron chi connectivity index (χ3n) is 2.62. The summed E-state index contributed by atoms with van der Waals surface area (Å²) in [6.07, 6.45) is 1.69. The molecule has 1 aromatic carbocycles. The van der Waals surface area contributed by atoms with Crippen LogP contribution >= 0.6 is 0 Å². The topological polar surface area (TPSA) is 66.9 Å². The van der Waals surface area contributed by atoms with Crippen molar-refractivity contribution < 1.29 is 4.79 Å². The number of anilines is 3. The predicted octanol–water partition coefficient (Wildman–Crippen LogP) is 3.24. The zero-order chi connectivity index (χ0) is 14.5. The zero-order valence-corrected chi connectivity index (χ0v) is 11.8. The van der Waals surface area contributed by atoms with Crippen LogP contribution in [0.25, 0.3) is 0 Å². The molecule has 0 saturated carbocycles. The Morgan fingerprint density at radius 3 is 2.75 bits per heavy atom. The highest BCUT2D eigenvalue weighted by Crippen LogP contribution is 2.16. The number of rotatable bonds is 5. The number of hydrogen-bond donors (Lipinski definition) is 2. The van der Waals surface area contributed by atoms with E-state index in [-0.39, 0.29) is 5.78 Å². The average molecular weight is 270 g/mol. The minimum atomic E-state index is 0.0322. The summed E-state index contributed by atoms with van der Waals surface area (Å²) >= 11 is 0. The molecule has 0 unspecified atom stereocenters. The van der Waals surface area contributed by atoms with Gasteiger partial charge in [-0.1, -0.05) is 12.1 Å². The van der Waals surface area contributed by atoms with Gasteiger partial charge in [0.1, 0.15) is 5.82 Å². The summed E-state index contributed by atoms with van der Waals surface area (Å²) in [4.78, 5) is 19.9. The van der Waals surface area contributed by atoms with E-state index in [1.54, 1.807) is 25.3 Å². The maximum absolute atomic E-state index is 11.4. The molecule has 0 radical (unpaired) electrons. The molecule has 0 aliphatic heterocycles. The summed E-state index contributed by atoms with van der Waals surface area (Å²) in [5.74, 6) is 1.29. The first-order chi connectivity index (χ1) is 9.54. The molecule has 2 aromatic rings. The molecule has 0 atom stereocenters. The molecule has 0 bridgehead atoms. The molecule has 0 aliphatic rings. The lowest BCUT2D eigenvalue weighted by Gasteiger charge is -2.10. The summed E-state index contributed by atoms with van der Waals surface area (Å²) in [7, 11) is 0. The maximum Gasteiger partial charge on any atom is 0.229 e. The fourth-order valence-corrected chi connectivity index (χ4v) is 1.74. The fraction of sp³-hybridized carbons (Fsp3) is 0.267. The van der Waals surface area contributed by atoms with Gasteiger partial charge in [0.15, 0.2) is 5.78 Å². The Balaban J connectivity index is 2.17. The molecule has 0 aliphatic carbocycles. The van der Waals surface area contributed by atoms with Crippen molar-refractivity contribution in [3.05, 3.63) is 42.1 Å². The van der Waals surface area contributed by atoms with Gasteiger partial charge in [-0.15, -0.1) is 0 Å². The van der Waals surface area contributed by atoms with Crippen LogP contribution in [0.15, 0.2) is 36.5 Å². The number of nitrogens with one attached hydrogen (secondary N) is 2. The van der Waals surface area contributed by atoms with Crippen molar-refractivity contribution in [1.29, 1.82) is 0 Å². The van der Waals surface area contributed by atoms with Gasteiger partial charge in [0, 0.05) is 23.5 Å². The number of carbonyl (C=O) groups is 1. The second kappa shape index (κ2) is 6.14. The minimum Gasteiger partial charge on any atom is -0.368 e. The van der Waals surface area contributed by atoms with Crippen molar-refractivity contribution in [2.75, 3.05) is 10.6 Å². The Bertz CT molecular complexity index is 610. The Morgan fingerprint density at radius 1 is 1.25 bits per heavy atom. The summed E-state index contributed by atoms with van der Waals surface area (Å²) in [6.45, 7) is 5.64. The van der Waals surface area contributed by atoms with E-state index in [0.717, 1.165) is 11.5 Å². The van der Waals surface area contributed by atoms with E-state index in [9.17, 15) is 4.79 Å². The molecule has 0 amide bonds. The molecular weight excluding hydrogens is 252 g/mol. The van der Waals surface area contributed by atoms with Crippen LogP contribution in [0.4, 0.5) is 17.5 Å². The van der Waals surface area contributed by atoms with Gasteiger partial charge in [-0.25, -0.2) is 4.98 Å². The standard InChI is InChI=1S/C15H18N4O/c1-10(2)17-14-7-8-16-15(19-14)18-13-6-4-5-12(9-13)11(3)20/h4-10H,1-3H3,(H2,16,17,18,19). The first kappa shape index (κ1) is 14.0. The number of aromatic nitrogens is 2. The average Bonchev–Trinajstić information content (AvgIpc) is 2.38. The molecule has 0 spiro atoms. The van der Waals surface area contributed by atoms with E-state index in [1.165, 1.54) is 0 Å². The molecule has 104 valence electrons. The van der Waals surface area contributed by atoms with Gasteiger partial charge in [-0.2, -0.15) is 4.98 Å². The molecule has 1 aromatic heterocycles. The molecular formula is C15H18N4O. The second-order valence-electron chi connectivity index (χ2n) is 4.83. The van der Waals surface area contributed by atoms with E-state index in [4.69, 9.17) is 0 Å². The number of Topliss-reactive ketones (excluding diaryl/α,β-unsaturated/α-hetero) is 1. The van der Waals surface area contributed by atoms with Crippen molar-refractivity contribution in [2.45, 2.75) is 26.8 Å². The Labute approximate surface area is 118 Å². The second-order valence-corrected chi connectivity index (χ2v) is 4.83. The molecule has 1 heterocycles. The van der Waals surface area contributed by atoms with Gasteiger partial charge < -0.3 is 10.6 Å². The highest BCUT2D eigenvalue weighted by atomic mass is 16.1. The van der Waals surface area contributed by atoms with E-state index in [1.807, 2.05) is 32.0 Å². The largest absolute Gasteiger partial charge is 0.368 e. The predicted molar refractivity (Wildman–Crippen MR) is 80.5 cm³/mol. The number of hydrogen-bond acceptors (Lipinski definition) is 5. The number of benzene rings is 1. The van der Waals surface area contributed by atoms with Gasteiger partial charge in [-0.05, 0) is 39.0 Å². The maximum atomic E-state index is 11.4. The normalized spacial score (nSPS) is 10.4. The van der Waals surface area contributed by atoms with Crippen LogP contribution in [0.2, 0.25) is 0 Å². The van der Waals surface area contributed by atoms with Crippen LogP contribution in [0.1, 0.15) is 31.1 Å². The third-order valence-corrected chi connectivity index (χ3v) is 2.62. The van der Waals surface area contributed by atoms with Crippen LogP contribution in [0.3, 0.4) is 0 Å². The molecule has 2 N–H and O–H groups in total. The Kier molecular flexibility index (Phi) is 4.30. The van der Waals surface area contributed by atoms with Gasteiger partial charge in [-0.3, -0.25) is 4.79 Å². The van der Waals surface area contributed by atoms with Crippen LogP contribution in [-0.2, 0) is 0 Å². The first-order valence-corrected chi connectivity index (χ1v) is 6.52. The van der Waals surface area contributed by atoms with Crippen molar-refractivity contribution in [1.82, 2.24) is 9.97 Å². The van der Waals surface area contributed by atoms with E-state index in [0.29, 0.717) is 17.6 Å². The lowest BCUT2D eigenvalue weighted by Crippen LogP contribution is -2.11. The van der Waals surface area contributed by atoms with Gasteiger partial charge >= 0.3 is 0 Å². The molecule has 2 rings (SSSR count). The van der Waals surface area contributed by atoms with Crippen LogP contribution in [0.5, 0.6) is 0 Å². The highest BCUT2D eigenvalue weighted by molar-refractivity contribution is 5.95. The highest BCUT2D eigenvalue weighted by Gasteiger charge is 2.03. The Hall–Kier alpha value is -2.43. The third kappa shape index (κ3) is 3.78. The molecule has 20 heavy (non-hydrogen) atoms. The van der Waals surface area contributed by atoms with Crippen LogP contribution in [-0.4, -0.2) is 21.8 Å². The van der Waals surface area contributed by atoms with E-state index >= 15 is 0 Å². The lowest BCUT2D eigenvalue weighted by molar-refractivity contribution is 0.101. The smallest absolute Gasteiger partial charge is 0.229 e. The lowest BCUT2D eigenvalue weighted by atomic mass is 10.1. The molecule has 5 nitrogen and oxygen atoms in total. The van der Waals surface area contributed by atoms with Crippen LogP contribution < -0.4 is 10.6 Å². The fourth-order valence-electron chi connectivity index (χ4n) is 1.74. The van der Waals surface area contributed by atoms with Gasteiger partial charge in [0.05, 0.1) is 0 Å². The minimum absolute atomic E-state index is 0.0322. The van der Waals surface area contributed by atoms with E-state index < -0.39 is 0 Å². The number of nitrogens with zero attached hydrogens (tertiary/aromatic N) is 2.